The van der Waals surface area contributed by atoms with Gasteiger partial charge in [0.2, 0.25) is 5.91 Å². The summed E-state index contributed by atoms with van der Waals surface area (Å²) in [7, 11) is 1.68. The average molecular weight is 227 g/mol. The van der Waals surface area contributed by atoms with E-state index >= 15 is 0 Å². The van der Waals surface area contributed by atoms with Gasteiger partial charge in [-0.25, -0.2) is 0 Å². The van der Waals surface area contributed by atoms with Crippen molar-refractivity contribution in [2.45, 2.75) is 38.5 Å². The summed E-state index contributed by atoms with van der Waals surface area (Å²) in [5.41, 5.74) is 5.35. The summed E-state index contributed by atoms with van der Waals surface area (Å²) in [6.07, 6.45) is 6.68. The zero-order valence-electron chi connectivity index (χ0n) is 9.85. The first-order valence-corrected chi connectivity index (χ1v) is 5.84. The first-order valence-electron chi connectivity index (χ1n) is 5.84. The van der Waals surface area contributed by atoms with Crippen molar-refractivity contribution in [3.8, 4) is 0 Å². The average Bonchev–Trinajstić information content (AvgIpc) is 2.30. The van der Waals surface area contributed by atoms with Crippen LogP contribution >= 0.6 is 0 Å². The topological polar surface area (TPSA) is 78.9 Å². The van der Waals surface area contributed by atoms with Gasteiger partial charge in [0.05, 0.1) is 6.54 Å². The van der Waals surface area contributed by atoms with Crippen molar-refractivity contribution < 1.29 is 10.0 Å². The molecule has 16 heavy (non-hydrogen) atoms. The van der Waals surface area contributed by atoms with Crippen LogP contribution in [0.5, 0.6) is 0 Å². The van der Waals surface area contributed by atoms with Gasteiger partial charge >= 0.3 is 0 Å². The minimum absolute atomic E-state index is 0.0690. The molecule has 0 heterocycles. The predicted octanol–water partition coefficient (Wildman–Crippen LogP) is 1.16. The van der Waals surface area contributed by atoms with Crippen LogP contribution in [0.4, 0.5) is 0 Å². The number of rotatable bonds is 4. The maximum absolute atomic E-state index is 11.8. The van der Waals surface area contributed by atoms with Crippen molar-refractivity contribution >= 4 is 11.7 Å². The summed E-state index contributed by atoms with van der Waals surface area (Å²) in [6.45, 7) is 0.196. The molecule has 1 rings (SSSR count). The van der Waals surface area contributed by atoms with E-state index in [1.807, 2.05) is 0 Å². The molecule has 1 aliphatic carbocycles. The lowest BCUT2D eigenvalue weighted by Crippen LogP contribution is -2.36. The fraction of sp³-hybridized carbons (Fsp3) is 0.818. The Kier molecular flexibility index (Phi) is 5.08. The van der Waals surface area contributed by atoms with Gasteiger partial charge in [0.25, 0.3) is 0 Å². The summed E-state index contributed by atoms with van der Waals surface area (Å²) < 4.78 is 0. The van der Waals surface area contributed by atoms with Crippen molar-refractivity contribution in [2.75, 3.05) is 13.6 Å². The van der Waals surface area contributed by atoms with Gasteiger partial charge in [-0.05, 0) is 18.8 Å². The molecule has 0 spiro atoms. The van der Waals surface area contributed by atoms with E-state index < -0.39 is 0 Å². The summed E-state index contributed by atoms with van der Waals surface area (Å²) in [5.74, 6) is 0.675. The summed E-state index contributed by atoms with van der Waals surface area (Å²) in [6, 6.07) is 0. The van der Waals surface area contributed by atoms with Crippen molar-refractivity contribution in [3.63, 3.8) is 0 Å². The van der Waals surface area contributed by atoms with Gasteiger partial charge in [0.15, 0.2) is 5.84 Å². The molecule has 0 unspecified atom stereocenters. The first-order chi connectivity index (χ1) is 7.63. The van der Waals surface area contributed by atoms with Crippen molar-refractivity contribution in [2.24, 2.45) is 16.8 Å². The van der Waals surface area contributed by atoms with Crippen LogP contribution in [-0.2, 0) is 4.79 Å². The SMILES string of the molecule is CN(CC(N)=NO)C(=O)CC1CCCCC1. The molecule has 0 aromatic carbocycles. The molecule has 0 aliphatic heterocycles. The third-order valence-electron chi connectivity index (χ3n) is 3.14. The lowest BCUT2D eigenvalue weighted by atomic mass is 9.87. The van der Waals surface area contributed by atoms with E-state index in [1.54, 1.807) is 7.05 Å². The molecule has 0 radical (unpaired) electrons. The molecule has 1 amide bonds. The second-order valence-corrected chi connectivity index (χ2v) is 4.55. The number of hydrogen-bond donors (Lipinski definition) is 2. The molecule has 5 nitrogen and oxygen atoms in total. The summed E-state index contributed by atoms with van der Waals surface area (Å²) in [4.78, 5) is 13.3. The molecule has 0 atom stereocenters. The van der Waals surface area contributed by atoms with Gasteiger partial charge in [-0.2, -0.15) is 0 Å². The van der Waals surface area contributed by atoms with E-state index in [4.69, 9.17) is 10.9 Å². The van der Waals surface area contributed by atoms with Crippen LogP contribution in [0.25, 0.3) is 0 Å². The Morgan fingerprint density at radius 3 is 2.62 bits per heavy atom. The number of nitrogens with two attached hydrogens (primary N) is 1. The highest BCUT2D eigenvalue weighted by Gasteiger charge is 2.19. The van der Waals surface area contributed by atoms with Gasteiger partial charge < -0.3 is 15.8 Å². The second-order valence-electron chi connectivity index (χ2n) is 4.55. The maximum Gasteiger partial charge on any atom is 0.222 e. The quantitative estimate of drug-likeness (QED) is 0.327. The molecular formula is C11H21N3O2. The van der Waals surface area contributed by atoms with E-state index in [1.165, 1.54) is 24.2 Å². The van der Waals surface area contributed by atoms with Crippen LogP contribution in [0.1, 0.15) is 38.5 Å². The molecule has 0 bridgehead atoms. The van der Waals surface area contributed by atoms with Gasteiger partial charge in [-0.15, -0.1) is 0 Å². The summed E-state index contributed by atoms with van der Waals surface area (Å²) >= 11 is 0. The highest BCUT2D eigenvalue weighted by molar-refractivity contribution is 5.86. The normalized spacial score (nSPS) is 18.4. The Morgan fingerprint density at radius 1 is 1.44 bits per heavy atom. The van der Waals surface area contributed by atoms with Crippen molar-refractivity contribution in [3.05, 3.63) is 0 Å². The molecule has 92 valence electrons. The number of nitrogens with zero attached hydrogens (tertiary/aromatic N) is 2. The molecule has 0 saturated heterocycles. The zero-order chi connectivity index (χ0) is 12.0. The van der Waals surface area contributed by atoms with Crippen LogP contribution in [0.15, 0.2) is 5.16 Å². The van der Waals surface area contributed by atoms with Crippen molar-refractivity contribution in [1.29, 1.82) is 0 Å². The number of amidine groups is 1. The van der Waals surface area contributed by atoms with Crippen LogP contribution in [0.2, 0.25) is 0 Å². The van der Waals surface area contributed by atoms with Crippen molar-refractivity contribution in [1.82, 2.24) is 4.90 Å². The maximum atomic E-state index is 11.8. The Balaban J connectivity index is 2.32. The predicted molar refractivity (Wildman–Crippen MR) is 62.2 cm³/mol. The van der Waals surface area contributed by atoms with E-state index in [2.05, 4.69) is 5.16 Å². The third kappa shape index (κ3) is 4.08. The molecule has 1 fully saturated rings. The molecule has 0 aromatic rings. The van der Waals surface area contributed by atoms with Gasteiger partial charge in [0.1, 0.15) is 0 Å². The Hall–Kier alpha value is -1.26. The molecule has 5 heteroatoms. The lowest BCUT2D eigenvalue weighted by Gasteiger charge is -2.23. The highest BCUT2D eigenvalue weighted by Crippen LogP contribution is 2.26. The lowest BCUT2D eigenvalue weighted by molar-refractivity contribution is -0.130. The zero-order valence-corrected chi connectivity index (χ0v) is 9.85. The smallest absolute Gasteiger partial charge is 0.222 e. The highest BCUT2D eigenvalue weighted by atomic mass is 16.4. The van der Waals surface area contributed by atoms with E-state index in [0.717, 1.165) is 12.8 Å². The monoisotopic (exact) mass is 227 g/mol. The fourth-order valence-electron chi connectivity index (χ4n) is 2.16. The second kappa shape index (κ2) is 6.35. The number of carbonyl (C=O) groups is 1. The fourth-order valence-corrected chi connectivity index (χ4v) is 2.16. The number of hydrogen-bond acceptors (Lipinski definition) is 3. The standard InChI is InChI=1S/C11H21N3O2/c1-14(8-10(12)13-16)11(15)7-9-5-3-2-4-6-9/h9,16H,2-8H2,1H3,(H2,12,13). The van der Waals surface area contributed by atoms with Gasteiger partial charge in [-0.3, -0.25) is 4.79 Å². The Labute approximate surface area is 96.3 Å². The van der Waals surface area contributed by atoms with E-state index in [9.17, 15) is 4.79 Å². The minimum Gasteiger partial charge on any atom is -0.409 e. The number of carbonyl (C=O) groups excluding carboxylic acids is 1. The van der Waals surface area contributed by atoms with E-state index in [0.29, 0.717) is 12.3 Å². The largest absolute Gasteiger partial charge is 0.409 e. The van der Waals surface area contributed by atoms with Crippen LogP contribution in [-0.4, -0.2) is 35.4 Å². The molecule has 3 N–H and O–H groups in total. The first kappa shape index (κ1) is 12.8. The number of amides is 1. The van der Waals surface area contributed by atoms with Crippen LogP contribution in [0.3, 0.4) is 0 Å². The van der Waals surface area contributed by atoms with E-state index in [-0.39, 0.29) is 18.3 Å². The Bertz CT molecular complexity index is 260. The Morgan fingerprint density at radius 2 is 2.06 bits per heavy atom. The third-order valence-corrected chi connectivity index (χ3v) is 3.14. The minimum atomic E-state index is 0.0690. The summed E-state index contributed by atoms with van der Waals surface area (Å²) in [5, 5.41) is 11.3. The molecule has 1 aliphatic rings. The molecule has 0 aromatic heterocycles. The van der Waals surface area contributed by atoms with Gasteiger partial charge in [0, 0.05) is 13.5 Å². The van der Waals surface area contributed by atoms with Crippen LogP contribution < -0.4 is 5.73 Å². The van der Waals surface area contributed by atoms with Crippen LogP contribution in [0, 0.1) is 5.92 Å². The number of likely N-dealkylation sites (N-methyl/N-ethyl adjacent to an activating group) is 1. The van der Waals surface area contributed by atoms with Gasteiger partial charge in [-0.1, -0.05) is 24.4 Å². The molecular weight excluding hydrogens is 206 g/mol. The molecule has 1 saturated carbocycles. The number of oxime groups is 1.